The lowest BCUT2D eigenvalue weighted by molar-refractivity contribution is -0.116. The molecular formula is C16H21NO3. The van der Waals surface area contributed by atoms with Crippen molar-refractivity contribution in [2.24, 2.45) is 0 Å². The Balaban J connectivity index is 2.08. The lowest BCUT2D eigenvalue weighted by Crippen LogP contribution is -2.36. The van der Waals surface area contributed by atoms with E-state index in [4.69, 9.17) is 4.74 Å². The molecule has 0 unspecified atom stereocenters. The predicted molar refractivity (Wildman–Crippen MR) is 78.5 cm³/mol. The highest BCUT2D eigenvalue weighted by atomic mass is 16.5. The second kappa shape index (κ2) is 6.66. The summed E-state index contributed by atoms with van der Waals surface area (Å²) >= 11 is 0. The highest BCUT2D eigenvalue weighted by Gasteiger charge is 2.15. The van der Waals surface area contributed by atoms with Crippen molar-refractivity contribution in [3.05, 3.63) is 29.3 Å². The van der Waals surface area contributed by atoms with Crippen LogP contribution in [0, 0.1) is 6.92 Å². The van der Waals surface area contributed by atoms with Crippen LogP contribution in [0.1, 0.15) is 35.7 Å². The van der Waals surface area contributed by atoms with Crippen LogP contribution in [0.5, 0.6) is 0 Å². The van der Waals surface area contributed by atoms with Gasteiger partial charge in [-0.05, 0) is 37.6 Å². The first-order valence-electron chi connectivity index (χ1n) is 7.04. The molecule has 0 atom stereocenters. The highest BCUT2D eigenvalue weighted by molar-refractivity contribution is 5.98. The van der Waals surface area contributed by atoms with Crippen LogP contribution in [-0.2, 0) is 9.53 Å². The predicted octanol–water partition coefficient (Wildman–Crippen LogP) is 2.38. The summed E-state index contributed by atoms with van der Waals surface area (Å²) in [6.07, 6.45) is 0.620. The average molecular weight is 275 g/mol. The van der Waals surface area contributed by atoms with Crippen molar-refractivity contribution in [2.75, 3.05) is 31.2 Å². The number of carbonyl (C=O) groups is 2. The fourth-order valence-corrected chi connectivity index (χ4v) is 2.42. The van der Waals surface area contributed by atoms with E-state index in [1.807, 2.05) is 25.1 Å². The van der Waals surface area contributed by atoms with Crippen LogP contribution in [0.2, 0.25) is 0 Å². The molecule has 1 saturated heterocycles. The van der Waals surface area contributed by atoms with Crippen molar-refractivity contribution in [1.82, 2.24) is 0 Å². The number of hydrogen-bond acceptors (Lipinski definition) is 4. The fourth-order valence-electron chi connectivity index (χ4n) is 2.42. The Morgan fingerprint density at radius 3 is 2.50 bits per heavy atom. The quantitative estimate of drug-likeness (QED) is 0.774. The number of morpholine rings is 1. The first kappa shape index (κ1) is 14.7. The molecule has 1 aliphatic heterocycles. The Bertz CT molecular complexity index is 504. The molecule has 1 aromatic carbocycles. The van der Waals surface area contributed by atoms with E-state index in [1.165, 1.54) is 6.92 Å². The van der Waals surface area contributed by atoms with E-state index in [0.29, 0.717) is 18.4 Å². The van der Waals surface area contributed by atoms with Crippen LogP contribution in [-0.4, -0.2) is 37.9 Å². The zero-order valence-electron chi connectivity index (χ0n) is 12.1. The minimum absolute atomic E-state index is 0.0387. The summed E-state index contributed by atoms with van der Waals surface area (Å²) in [6, 6.07) is 5.79. The van der Waals surface area contributed by atoms with Crippen molar-refractivity contribution in [2.45, 2.75) is 26.7 Å². The summed E-state index contributed by atoms with van der Waals surface area (Å²) in [5, 5.41) is 0. The van der Waals surface area contributed by atoms with Crippen molar-refractivity contribution in [3.63, 3.8) is 0 Å². The summed E-state index contributed by atoms with van der Waals surface area (Å²) in [7, 11) is 0. The number of ether oxygens (including phenoxy) is 1. The Morgan fingerprint density at radius 1 is 1.20 bits per heavy atom. The number of anilines is 1. The molecule has 0 radical (unpaired) electrons. The second-order valence-electron chi connectivity index (χ2n) is 5.23. The SMILES string of the molecule is CC(=O)CCC(=O)c1ccc(N2CCOCC2)c(C)c1. The number of hydrogen-bond donors (Lipinski definition) is 0. The molecular weight excluding hydrogens is 254 g/mol. The molecule has 2 rings (SSSR count). The molecule has 1 fully saturated rings. The van der Waals surface area contributed by atoms with E-state index < -0.39 is 0 Å². The Hall–Kier alpha value is -1.68. The summed E-state index contributed by atoms with van der Waals surface area (Å²) in [6.45, 7) is 6.81. The summed E-state index contributed by atoms with van der Waals surface area (Å²) in [4.78, 5) is 25.2. The van der Waals surface area contributed by atoms with Crippen LogP contribution in [0.15, 0.2) is 18.2 Å². The fraction of sp³-hybridized carbons (Fsp3) is 0.500. The molecule has 4 heteroatoms. The number of Topliss-reactive ketones (excluding diaryl/α,β-unsaturated/α-hetero) is 2. The largest absolute Gasteiger partial charge is 0.378 e. The van der Waals surface area contributed by atoms with Crippen molar-refractivity contribution >= 4 is 17.3 Å². The first-order chi connectivity index (χ1) is 9.58. The van der Waals surface area contributed by atoms with Gasteiger partial charge in [0.15, 0.2) is 5.78 Å². The van der Waals surface area contributed by atoms with Gasteiger partial charge in [0.05, 0.1) is 13.2 Å². The molecule has 20 heavy (non-hydrogen) atoms. The molecule has 0 N–H and O–H groups in total. The van der Waals surface area contributed by atoms with Crippen molar-refractivity contribution in [1.29, 1.82) is 0 Å². The molecule has 1 aliphatic rings. The van der Waals surface area contributed by atoms with Gasteiger partial charge in [0.1, 0.15) is 5.78 Å². The summed E-state index contributed by atoms with van der Waals surface area (Å²) in [5.74, 6) is 0.0943. The molecule has 0 bridgehead atoms. The molecule has 108 valence electrons. The smallest absolute Gasteiger partial charge is 0.163 e. The molecule has 1 aromatic rings. The van der Waals surface area contributed by atoms with Crippen LogP contribution in [0.4, 0.5) is 5.69 Å². The third-order valence-electron chi connectivity index (χ3n) is 3.57. The van der Waals surface area contributed by atoms with Crippen molar-refractivity contribution in [3.8, 4) is 0 Å². The van der Waals surface area contributed by atoms with Crippen LogP contribution in [0.3, 0.4) is 0 Å². The third kappa shape index (κ3) is 3.67. The minimum Gasteiger partial charge on any atom is -0.378 e. The maximum absolute atomic E-state index is 12.0. The van der Waals surface area contributed by atoms with Gasteiger partial charge >= 0.3 is 0 Å². The first-order valence-corrected chi connectivity index (χ1v) is 7.04. The zero-order valence-corrected chi connectivity index (χ0v) is 12.1. The normalized spacial score (nSPS) is 15.2. The Labute approximate surface area is 119 Å². The number of ketones is 2. The van der Waals surface area contributed by atoms with E-state index in [2.05, 4.69) is 4.90 Å². The molecule has 4 nitrogen and oxygen atoms in total. The Morgan fingerprint density at radius 2 is 1.90 bits per heavy atom. The van der Waals surface area contributed by atoms with E-state index in [-0.39, 0.29) is 11.6 Å². The number of benzene rings is 1. The standard InChI is InChI=1S/C16H21NO3/c1-12-11-14(16(19)6-3-13(2)18)4-5-15(12)17-7-9-20-10-8-17/h4-5,11H,3,6-10H2,1-2H3. The van der Waals surface area contributed by atoms with E-state index in [1.54, 1.807) is 0 Å². The van der Waals surface area contributed by atoms with Gasteiger partial charge in [-0.2, -0.15) is 0 Å². The lowest BCUT2D eigenvalue weighted by Gasteiger charge is -2.30. The van der Waals surface area contributed by atoms with Gasteiger partial charge in [0, 0.05) is 37.2 Å². The number of nitrogens with zero attached hydrogens (tertiary/aromatic N) is 1. The topological polar surface area (TPSA) is 46.6 Å². The summed E-state index contributed by atoms with van der Waals surface area (Å²) in [5.41, 5.74) is 2.96. The van der Waals surface area contributed by atoms with E-state index in [9.17, 15) is 9.59 Å². The van der Waals surface area contributed by atoms with Crippen LogP contribution < -0.4 is 4.90 Å². The molecule has 0 saturated carbocycles. The zero-order chi connectivity index (χ0) is 14.5. The average Bonchev–Trinajstić information content (AvgIpc) is 2.45. The van der Waals surface area contributed by atoms with E-state index in [0.717, 1.165) is 37.6 Å². The van der Waals surface area contributed by atoms with Gasteiger partial charge in [-0.3, -0.25) is 4.79 Å². The maximum atomic E-state index is 12.0. The van der Waals surface area contributed by atoms with Crippen molar-refractivity contribution < 1.29 is 14.3 Å². The number of carbonyl (C=O) groups excluding carboxylic acids is 2. The van der Waals surface area contributed by atoms with Gasteiger partial charge < -0.3 is 14.4 Å². The van der Waals surface area contributed by atoms with Gasteiger partial charge in [-0.1, -0.05) is 0 Å². The van der Waals surface area contributed by atoms with Gasteiger partial charge in [0.2, 0.25) is 0 Å². The van der Waals surface area contributed by atoms with Gasteiger partial charge in [-0.15, -0.1) is 0 Å². The minimum atomic E-state index is 0.0387. The lowest BCUT2D eigenvalue weighted by atomic mass is 10.0. The monoisotopic (exact) mass is 275 g/mol. The van der Waals surface area contributed by atoms with Crippen LogP contribution in [0.25, 0.3) is 0 Å². The van der Waals surface area contributed by atoms with Crippen LogP contribution >= 0.6 is 0 Å². The molecule has 0 amide bonds. The molecule has 0 spiro atoms. The molecule has 1 heterocycles. The maximum Gasteiger partial charge on any atom is 0.163 e. The number of aryl methyl sites for hydroxylation is 1. The summed E-state index contributed by atoms with van der Waals surface area (Å²) < 4.78 is 5.35. The molecule has 0 aliphatic carbocycles. The van der Waals surface area contributed by atoms with E-state index >= 15 is 0 Å². The number of rotatable bonds is 5. The van der Waals surface area contributed by atoms with Gasteiger partial charge in [-0.25, -0.2) is 0 Å². The third-order valence-corrected chi connectivity index (χ3v) is 3.57. The highest BCUT2D eigenvalue weighted by Crippen LogP contribution is 2.23. The molecule has 0 aromatic heterocycles. The Kier molecular flexibility index (Phi) is 4.90. The van der Waals surface area contributed by atoms with Gasteiger partial charge in [0.25, 0.3) is 0 Å². The second-order valence-corrected chi connectivity index (χ2v) is 5.23.